The van der Waals surface area contributed by atoms with Crippen LogP contribution in [0.5, 0.6) is 0 Å². The van der Waals surface area contributed by atoms with Gasteiger partial charge in [-0.25, -0.2) is 4.98 Å². The molecule has 1 atom stereocenters. The molecule has 4 aromatic rings. The van der Waals surface area contributed by atoms with Crippen LogP contribution in [0.15, 0.2) is 59.8 Å². The number of carbonyl (C=O) groups is 1. The highest BCUT2D eigenvalue weighted by Gasteiger charge is 2.33. The second kappa shape index (κ2) is 8.91. The number of nitrogens with zero attached hydrogens (tertiary/aromatic N) is 5. The smallest absolute Gasteiger partial charge is 0.233 e. The Hall–Kier alpha value is -2.71. The zero-order valence-electron chi connectivity index (χ0n) is 18.3. The molecule has 1 aliphatic carbocycles. The molecule has 1 saturated heterocycles. The van der Waals surface area contributed by atoms with E-state index in [-0.39, 0.29) is 11.9 Å². The lowest BCUT2D eigenvalue weighted by atomic mass is 10.2. The van der Waals surface area contributed by atoms with Crippen molar-refractivity contribution < 1.29 is 4.79 Å². The minimum atomic E-state index is 0.0831. The van der Waals surface area contributed by atoms with Crippen molar-refractivity contribution in [1.82, 2.24) is 24.6 Å². The molecule has 2 aliphatic rings. The summed E-state index contributed by atoms with van der Waals surface area (Å²) in [6.45, 7) is 1.54. The van der Waals surface area contributed by atoms with Gasteiger partial charge in [-0.05, 0) is 43.4 Å². The van der Waals surface area contributed by atoms with E-state index in [2.05, 4.69) is 45.1 Å². The highest BCUT2D eigenvalue weighted by molar-refractivity contribution is 7.99. The van der Waals surface area contributed by atoms with E-state index in [1.54, 1.807) is 11.3 Å². The highest BCUT2D eigenvalue weighted by Crippen LogP contribution is 2.41. The van der Waals surface area contributed by atoms with Crippen LogP contribution in [0.25, 0.3) is 10.2 Å². The van der Waals surface area contributed by atoms with Crippen molar-refractivity contribution >= 4 is 39.2 Å². The summed E-state index contributed by atoms with van der Waals surface area (Å²) in [6.07, 6.45) is 4.35. The van der Waals surface area contributed by atoms with E-state index in [4.69, 9.17) is 4.98 Å². The number of aromatic nitrogens is 4. The molecule has 0 unspecified atom stereocenters. The third kappa shape index (κ3) is 4.29. The Kier molecular flexibility index (Phi) is 5.63. The molecule has 2 aromatic carbocycles. The number of benzene rings is 2. The zero-order chi connectivity index (χ0) is 22.2. The Morgan fingerprint density at radius 2 is 1.85 bits per heavy atom. The fraction of sp³-hybridized carbons (Fsp3) is 0.360. The normalized spacial score (nSPS) is 18.3. The maximum Gasteiger partial charge on any atom is 0.233 e. The summed E-state index contributed by atoms with van der Waals surface area (Å²) >= 11 is 3.22. The minimum absolute atomic E-state index is 0.0831. The van der Waals surface area contributed by atoms with Crippen LogP contribution >= 0.6 is 23.1 Å². The molecule has 33 heavy (non-hydrogen) atoms. The average molecular weight is 476 g/mol. The van der Waals surface area contributed by atoms with Crippen LogP contribution in [-0.4, -0.2) is 42.9 Å². The lowest BCUT2D eigenvalue weighted by Gasteiger charge is -2.23. The third-order valence-electron chi connectivity index (χ3n) is 6.36. The summed E-state index contributed by atoms with van der Waals surface area (Å²) in [6, 6.07) is 18.7. The minimum Gasteiger partial charge on any atom is -0.332 e. The molecule has 2 aromatic heterocycles. The van der Waals surface area contributed by atoms with Crippen molar-refractivity contribution in [2.45, 2.75) is 49.3 Å². The zero-order valence-corrected chi connectivity index (χ0v) is 19.9. The maximum absolute atomic E-state index is 13.3. The van der Waals surface area contributed by atoms with Gasteiger partial charge in [-0.2, -0.15) is 0 Å². The quantitative estimate of drug-likeness (QED) is 0.341. The Morgan fingerprint density at radius 3 is 2.67 bits per heavy atom. The van der Waals surface area contributed by atoms with E-state index in [0.717, 1.165) is 47.4 Å². The van der Waals surface area contributed by atoms with Crippen LogP contribution < -0.4 is 0 Å². The van der Waals surface area contributed by atoms with Crippen LogP contribution in [0.1, 0.15) is 54.0 Å². The maximum atomic E-state index is 13.3. The Labute approximate surface area is 201 Å². The summed E-state index contributed by atoms with van der Waals surface area (Å²) in [7, 11) is 0. The molecule has 8 heteroatoms. The third-order valence-corrected chi connectivity index (χ3v) is 8.45. The van der Waals surface area contributed by atoms with Gasteiger partial charge in [-0.3, -0.25) is 4.79 Å². The number of hydrogen-bond donors (Lipinski definition) is 0. The van der Waals surface area contributed by atoms with E-state index in [9.17, 15) is 4.79 Å². The van der Waals surface area contributed by atoms with E-state index in [1.807, 2.05) is 29.2 Å². The molecule has 0 spiro atoms. The highest BCUT2D eigenvalue weighted by atomic mass is 32.2. The first-order valence-corrected chi connectivity index (χ1v) is 13.3. The number of thioether (sulfide) groups is 1. The van der Waals surface area contributed by atoms with Crippen molar-refractivity contribution in [3.63, 3.8) is 0 Å². The first-order chi connectivity index (χ1) is 16.3. The topological polar surface area (TPSA) is 63.9 Å². The van der Waals surface area contributed by atoms with Crippen molar-refractivity contribution in [1.29, 1.82) is 0 Å². The molecule has 0 radical (unpaired) electrons. The molecular formula is C25H25N5OS2. The van der Waals surface area contributed by atoms with Gasteiger partial charge in [0.25, 0.3) is 0 Å². The molecular weight excluding hydrogens is 450 g/mol. The number of hydrogen-bond acceptors (Lipinski definition) is 6. The molecule has 6 nitrogen and oxygen atoms in total. The van der Waals surface area contributed by atoms with Crippen LogP contribution in [-0.2, 0) is 11.3 Å². The van der Waals surface area contributed by atoms with Crippen molar-refractivity contribution in [3.8, 4) is 0 Å². The molecule has 6 rings (SSSR count). The van der Waals surface area contributed by atoms with Crippen molar-refractivity contribution in [2.24, 2.45) is 0 Å². The van der Waals surface area contributed by atoms with Gasteiger partial charge in [0.15, 0.2) is 5.16 Å². The number of amides is 1. The predicted octanol–water partition coefficient (Wildman–Crippen LogP) is 5.27. The second-order valence-corrected chi connectivity index (χ2v) is 10.7. The SMILES string of the molecule is O=C(CSc1nnc(C2CC2)n1Cc1ccccc1)N1CCC[C@H]1c1nc2ccccc2s1. The summed E-state index contributed by atoms with van der Waals surface area (Å²) < 4.78 is 3.39. The summed E-state index contributed by atoms with van der Waals surface area (Å²) in [4.78, 5) is 20.1. The standard InChI is InChI=1S/C25H25N5OS2/c31-22(29-14-6-10-20(29)24-26-19-9-4-5-11-21(19)33-24)16-32-25-28-27-23(18-12-13-18)30(25)15-17-7-2-1-3-8-17/h1-5,7-9,11,18,20H,6,10,12-16H2/t20-/m0/s1. The van der Waals surface area contributed by atoms with Gasteiger partial charge in [0, 0.05) is 12.5 Å². The molecule has 0 bridgehead atoms. The number of thiazole rings is 1. The Balaban J connectivity index is 1.18. The first kappa shape index (κ1) is 20.9. The fourth-order valence-electron chi connectivity index (χ4n) is 4.53. The molecule has 0 N–H and O–H groups in total. The van der Waals surface area contributed by atoms with Crippen molar-refractivity contribution in [3.05, 3.63) is 71.0 Å². The lowest BCUT2D eigenvalue weighted by Crippen LogP contribution is -2.32. The summed E-state index contributed by atoms with van der Waals surface area (Å²) in [5.74, 6) is 2.10. The first-order valence-electron chi connectivity index (χ1n) is 11.5. The number of fused-ring (bicyclic) bond motifs is 1. The van der Waals surface area contributed by atoms with E-state index in [0.29, 0.717) is 11.7 Å². The number of para-hydroxylation sites is 1. The van der Waals surface area contributed by atoms with Crippen LogP contribution in [0, 0.1) is 0 Å². The Morgan fingerprint density at radius 1 is 1.03 bits per heavy atom. The lowest BCUT2D eigenvalue weighted by molar-refractivity contribution is -0.129. The van der Waals surface area contributed by atoms with Gasteiger partial charge >= 0.3 is 0 Å². The van der Waals surface area contributed by atoms with Gasteiger partial charge in [0.2, 0.25) is 5.91 Å². The van der Waals surface area contributed by atoms with E-state index in [1.165, 1.54) is 34.9 Å². The van der Waals surface area contributed by atoms with E-state index < -0.39 is 0 Å². The van der Waals surface area contributed by atoms with Gasteiger partial charge in [0.05, 0.1) is 28.6 Å². The number of rotatable bonds is 7. The van der Waals surface area contributed by atoms with Crippen LogP contribution in [0.2, 0.25) is 0 Å². The van der Waals surface area contributed by atoms with Gasteiger partial charge in [-0.1, -0.05) is 54.2 Å². The Bertz CT molecular complexity index is 1250. The molecule has 1 amide bonds. The van der Waals surface area contributed by atoms with Crippen molar-refractivity contribution in [2.75, 3.05) is 12.3 Å². The number of likely N-dealkylation sites (tertiary alicyclic amines) is 1. The number of carbonyl (C=O) groups excluding carboxylic acids is 1. The summed E-state index contributed by atoms with van der Waals surface area (Å²) in [5, 5.41) is 10.9. The van der Waals surface area contributed by atoms with E-state index >= 15 is 0 Å². The largest absolute Gasteiger partial charge is 0.332 e. The van der Waals surface area contributed by atoms with Crippen LogP contribution in [0.4, 0.5) is 0 Å². The summed E-state index contributed by atoms with van der Waals surface area (Å²) in [5.41, 5.74) is 2.25. The predicted molar refractivity (Wildman–Crippen MR) is 132 cm³/mol. The van der Waals surface area contributed by atoms with Gasteiger partial charge in [-0.15, -0.1) is 21.5 Å². The molecule has 1 saturated carbocycles. The average Bonchev–Trinajstić information content (AvgIpc) is 3.23. The molecule has 168 valence electrons. The molecule has 3 heterocycles. The monoisotopic (exact) mass is 475 g/mol. The molecule has 2 fully saturated rings. The van der Waals surface area contributed by atoms with Gasteiger partial charge < -0.3 is 9.47 Å². The fourth-order valence-corrected chi connectivity index (χ4v) is 6.47. The van der Waals surface area contributed by atoms with Gasteiger partial charge in [0.1, 0.15) is 10.8 Å². The second-order valence-electron chi connectivity index (χ2n) is 8.74. The van der Waals surface area contributed by atoms with Crippen LogP contribution in [0.3, 0.4) is 0 Å². The molecule has 1 aliphatic heterocycles.